The molecule has 0 saturated heterocycles. The van der Waals surface area contributed by atoms with Crippen molar-refractivity contribution in [3.8, 4) is 0 Å². The maximum atomic E-state index is 12.1. The molecular weight excluding hydrogens is 304 g/mol. The van der Waals surface area contributed by atoms with Crippen LogP contribution in [-0.2, 0) is 16.0 Å². The fraction of sp³-hybridized carbons (Fsp3) is 0.263. The highest BCUT2D eigenvalue weighted by atomic mass is 16.3. The van der Waals surface area contributed by atoms with Gasteiger partial charge in [-0.05, 0) is 23.3 Å². The summed E-state index contributed by atoms with van der Waals surface area (Å²) in [5.74, 6) is -0.370. The van der Waals surface area contributed by atoms with Crippen LogP contribution in [0.2, 0.25) is 0 Å². The van der Waals surface area contributed by atoms with E-state index in [1.807, 2.05) is 43.3 Å². The van der Waals surface area contributed by atoms with E-state index in [2.05, 4.69) is 10.6 Å². The fourth-order valence-electron chi connectivity index (χ4n) is 2.75. The summed E-state index contributed by atoms with van der Waals surface area (Å²) in [5, 5.41) is 8.50. The predicted octanol–water partition coefficient (Wildman–Crippen LogP) is 2.77. The van der Waals surface area contributed by atoms with Crippen molar-refractivity contribution in [2.24, 2.45) is 0 Å². The number of amides is 2. The second kappa shape index (κ2) is 7.17. The van der Waals surface area contributed by atoms with Gasteiger partial charge in [-0.3, -0.25) is 9.59 Å². The van der Waals surface area contributed by atoms with Gasteiger partial charge in [-0.25, -0.2) is 0 Å². The molecule has 5 nitrogen and oxygen atoms in total. The number of hydrogen-bond donors (Lipinski definition) is 2. The summed E-state index contributed by atoms with van der Waals surface area (Å²) in [6, 6.07) is 11.9. The van der Waals surface area contributed by atoms with Crippen LogP contribution < -0.4 is 10.6 Å². The summed E-state index contributed by atoms with van der Waals surface area (Å²) in [6.45, 7) is 2.59. The van der Waals surface area contributed by atoms with Crippen LogP contribution in [-0.4, -0.2) is 24.9 Å². The van der Waals surface area contributed by atoms with Gasteiger partial charge in [0.15, 0.2) is 0 Å². The first kappa shape index (κ1) is 16.1. The van der Waals surface area contributed by atoms with Crippen LogP contribution >= 0.6 is 0 Å². The summed E-state index contributed by atoms with van der Waals surface area (Å²) in [5.41, 5.74) is 1.59. The average Bonchev–Trinajstić information content (AvgIpc) is 3.01. The van der Waals surface area contributed by atoms with Crippen LogP contribution in [0.1, 0.15) is 18.9 Å². The van der Waals surface area contributed by atoms with Gasteiger partial charge in [-0.1, -0.05) is 37.3 Å². The quantitative estimate of drug-likeness (QED) is 0.732. The van der Waals surface area contributed by atoms with Gasteiger partial charge in [0.25, 0.3) is 0 Å². The van der Waals surface area contributed by atoms with Crippen LogP contribution in [0.4, 0.5) is 0 Å². The molecule has 3 rings (SSSR count). The fourth-order valence-corrected chi connectivity index (χ4v) is 2.75. The topological polar surface area (TPSA) is 71.3 Å². The number of benzene rings is 2. The first-order valence-electron chi connectivity index (χ1n) is 8.10. The van der Waals surface area contributed by atoms with Gasteiger partial charge < -0.3 is 15.1 Å². The number of fused-ring (bicyclic) bond motifs is 3. The summed E-state index contributed by atoms with van der Waals surface area (Å²) in [4.78, 5) is 23.7. The molecule has 0 unspecified atom stereocenters. The van der Waals surface area contributed by atoms with Crippen LogP contribution in [0.3, 0.4) is 0 Å². The van der Waals surface area contributed by atoms with Crippen molar-refractivity contribution in [1.82, 2.24) is 10.6 Å². The molecule has 3 aromatic rings. The van der Waals surface area contributed by atoms with Gasteiger partial charge in [0.05, 0.1) is 19.2 Å². The summed E-state index contributed by atoms with van der Waals surface area (Å²) in [6.07, 6.45) is 2.67. The summed E-state index contributed by atoms with van der Waals surface area (Å²) < 4.78 is 5.58. The third-order valence-corrected chi connectivity index (χ3v) is 3.91. The third-order valence-electron chi connectivity index (χ3n) is 3.91. The maximum absolute atomic E-state index is 12.1. The third kappa shape index (κ3) is 3.40. The molecule has 0 fully saturated rings. The smallest absolute Gasteiger partial charge is 0.239 e. The zero-order chi connectivity index (χ0) is 16.9. The number of rotatable bonds is 6. The number of hydrogen-bond acceptors (Lipinski definition) is 3. The van der Waals surface area contributed by atoms with Crippen molar-refractivity contribution in [3.05, 3.63) is 48.2 Å². The minimum Gasteiger partial charge on any atom is -0.464 e. The number of carbonyl (C=O) groups is 2. The Bertz CT molecular complexity index is 883. The highest BCUT2D eigenvalue weighted by Gasteiger charge is 2.13. The lowest BCUT2D eigenvalue weighted by atomic mass is 10.0. The van der Waals surface area contributed by atoms with Crippen molar-refractivity contribution >= 4 is 33.6 Å². The molecule has 2 aromatic carbocycles. The normalized spacial score (nSPS) is 10.9. The van der Waals surface area contributed by atoms with E-state index in [1.54, 1.807) is 6.26 Å². The SMILES string of the molecule is CCCNC(=O)CNC(=O)Cc1coc2ccc3ccccc3c12. The zero-order valence-electron chi connectivity index (χ0n) is 13.6. The highest BCUT2D eigenvalue weighted by Crippen LogP contribution is 2.29. The van der Waals surface area contributed by atoms with Crippen molar-refractivity contribution in [2.75, 3.05) is 13.1 Å². The number of nitrogens with one attached hydrogen (secondary N) is 2. The van der Waals surface area contributed by atoms with Gasteiger partial charge >= 0.3 is 0 Å². The van der Waals surface area contributed by atoms with Gasteiger partial charge in [-0.15, -0.1) is 0 Å². The molecular formula is C19H20N2O3. The number of furan rings is 1. The zero-order valence-corrected chi connectivity index (χ0v) is 13.6. The standard InChI is InChI=1S/C19H20N2O3/c1-2-9-20-18(23)11-21-17(22)10-14-12-24-16-8-7-13-5-3-4-6-15(13)19(14)16/h3-8,12H,2,9-11H2,1H3,(H,20,23)(H,21,22). The van der Waals surface area contributed by atoms with Crippen LogP contribution in [0.25, 0.3) is 21.7 Å². The van der Waals surface area contributed by atoms with Crippen molar-refractivity contribution in [2.45, 2.75) is 19.8 Å². The molecule has 1 heterocycles. The van der Waals surface area contributed by atoms with E-state index in [-0.39, 0.29) is 24.8 Å². The highest BCUT2D eigenvalue weighted by molar-refractivity contribution is 6.08. The Balaban J connectivity index is 1.74. The van der Waals surface area contributed by atoms with E-state index in [0.717, 1.165) is 33.7 Å². The average molecular weight is 324 g/mol. The van der Waals surface area contributed by atoms with Crippen molar-refractivity contribution in [3.63, 3.8) is 0 Å². The second-order valence-electron chi connectivity index (χ2n) is 5.72. The molecule has 1 aromatic heterocycles. The molecule has 0 aliphatic carbocycles. The molecule has 0 spiro atoms. The number of carbonyl (C=O) groups excluding carboxylic acids is 2. The lowest BCUT2D eigenvalue weighted by Crippen LogP contribution is -2.37. The molecule has 2 N–H and O–H groups in total. The largest absolute Gasteiger partial charge is 0.464 e. The second-order valence-corrected chi connectivity index (χ2v) is 5.72. The van der Waals surface area contributed by atoms with E-state index in [1.165, 1.54) is 0 Å². The van der Waals surface area contributed by atoms with Gasteiger partial charge in [0.2, 0.25) is 11.8 Å². The molecule has 0 saturated carbocycles. The molecule has 0 bridgehead atoms. The molecule has 0 aliphatic rings. The predicted molar refractivity (Wildman–Crippen MR) is 93.7 cm³/mol. The van der Waals surface area contributed by atoms with Gasteiger partial charge in [-0.2, -0.15) is 0 Å². The lowest BCUT2D eigenvalue weighted by molar-refractivity contribution is -0.125. The first-order chi connectivity index (χ1) is 11.7. The summed E-state index contributed by atoms with van der Waals surface area (Å²) >= 11 is 0. The molecule has 2 amide bonds. The lowest BCUT2D eigenvalue weighted by Gasteiger charge is -2.06. The first-order valence-corrected chi connectivity index (χ1v) is 8.10. The Kier molecular flexibility index (Phi) is 4.79. The monoisotopic (exact) mass is 324 g/mol. The van der Waals surface area contributed by atoms with Crippen LogP contribution in [0.5, 0.6) is 0 Å². The Labute approximate surface area is 140 Å². The van der Waals surface area contributed by atoms with Crippen LogP contribution in [0, 0.1) is 0 Å². The molecule has 0 aliphatic heterocycles. The van der Waals surface area contributed by atoms with E-state index < -0.39 is 0 Å². The summed E-state index contributed by atoms with van der Waals surface area (Å²) in [7, 11) is 0. The van der Waals surface area contributed by atoms with E-state index >= 15 is 0 Å². The molecule has 0 radical (unpaired) electrons. The Morgan fingerprint density at radius 1 is 1.04 bits per heavy atom. The Hall–Kier alpha value is -2.82. The van der Waals surface area contributed by atoms with E-state index in [4.69, 9.17) is 4.42 Å². The Morgan fingerprint density at radius 3 is 2.71 bits per heavy atom. The van der Waals surface area contributed by atoms with Gasteiger partial charge in [0, 0.05) is 17.5 Å². The maximum Gasteiger partial charge on any atom is 0.239 e. The molecule has 5 heteroatoms. The molecule has 24 heavy (non-hydrogen) atoms. The van der Waals surface area contributed by atoms with Crippen molar-refractivity contribution in [1.29, 1.82) is 0 Å². The van der Waals surface area contributed by atoms with Crippen molar-refractivity contribution < 1.29 is 14.0 Å². The van der Waals surface area contributed by atoms with Crippen LogP contribution in [0.15, 0.2) is 47.1 Å². The van der Waals surface area contributed by atoms with E-state index in [9.17, 15) is 9.59 Å². The minimum absolute atomic E-state index is 0.00460. The molecule has 0 atom stereocenters. The van der Waals surface area contributed by atoms with Gasteiger partial charge in [0.1, 0.15) is 5.58 Å². The molecule has 124 valence electrons. The van der Waals surface area contributed by atoms with E-state index in [0.29, 0.717) is 6.54 Å². The Morgan fingerprint density at radius 2 is 1.88 bits per heavy atom. The minimum atomic E-state index is -0.197.